The number of benzene rings is 2. The van der Waals surface area contributed by atoms with Gasteiger partial charge in [0.1, 0.15) is 0 Å². The predicted octanol–water partition coefficient (Wildman–Crippen LogP) is 3.75. The number of nitrogens with one attached hydrogen (secondary N) is 2. The van der Waals surface area contributed by atoms with Crippen molar-refractivity contribution >= 4 is 35.5 Å². The number of ether oxygens (including phenoxy) is 1. The van der Waals surface area contributed by atoms with E-state index in [0.717, 1.165) is 56.2 Å². The van der Waals surface area contributed by atoms with Gasteiger partial charge in [0.05, 0.1) is 19.0 Å². The zero-order valence-electron chi connectivity index (χ0n) is 21.9. The number of fused-ring (bicyclic) bond motifs is 1. The second kappa shape index (κ2) is 11.2. The molecule has 4 heterocycles. The van der Waals surface area contributed by atoms with Crippen LogP contribution in [0, 0.1) is 12.7 Å². The summed E-state index contributed by atoms with van der Waals surface area (Å²) in [6, 6.07) is 11.2. The highest BCUT2D eigenvalue weighted by Gasteiger charge is 2.29. The van der Waals surface area contributed by atoms with E-state index in [1.54, 1.807) is 30.7 Å². The first-order valence-electron chi connectivity index (χ1n) is 12.8. The Labute approximate surface area is 232 Å². The van der Waals surface area contributed by atoms with Gasteiger partial charge in [0.15, 0.2) is 23.0 Å². The Morgan fingerprint density at radius 1 is 1.10 bits per heavy atom. The SMILES string of the molecule is COc1ccc(-c2cnc3c(Nc4ccc(C(=O)N5CCN(C6CNC6)CC5)c(C)c4)nccn23)cc1F.Cl. The lowest BCUT2D eigenvalue weighted by Crippen LogP contribution is -2.62. The molecule has 11 heteroatoms. The van der Waals surface area contributed by atoms with Crippen molar-refractivity contribution in [1.82, 2.24) is 29.5 Å². The normalized spacial score (nSPS) is 16.0. The lowest BCUT2D eigenvalue weighted by molar-refractivity contribution is 0.0501. The Morgan fingerprint density at radius 3 is 2.56 bits per heavy atom. The number of anilines is 2. The maximum absolute atomic E-state index is 14.3. The molecular weight excluding hydrogens is 521 g/mol. The molecule has 9 nitrogen and oxygen atoms in total. The molecule has 204 valence electrons. The molecule has 2 aromatic carbocycles. The molecule has 0 atom stereocenters. The van der Waals surface area contributed by atoms with Gasteiger partial charge in [-0.1, -0.05) is 0 Å². The van der Waals surface area contributed by atoms with Gasteiger partial charge in [0.25, 0.3) is 5.91 Å². The standard InChI is InChI=1S/C28H30FN7O2.ClH/c1-18-13-20(4-5-22(18)28(37)35-11-9-34(10-12-35)21-15-30-16-21)33-26-27-32-17-24(36(27)8-7-31-26)19-3-6-25(38-2)23(29)14-19;/h3-8,13-14,17,21,30H,9-12,15-16H2,1-2H3,(H,31,33);1H. The zero-order valence-corrected chi connectivity index (χ0v) is 22.7. The summed E-state index contributed by atoms with van der Waals surface area (Å²) >= 11 is 0. The largest absolute Gasteiger partial charge is 0.494 e. The average Bonchev–Trinajstić information content (AvgIpc) is 3.33. The summed E-state index contributed by atoms with van der Waals surface area (Å²) < 4.78 is 21.2. The van der Waals surface area contributed by atoms with Crippen LogP contribution in [0.3, 0.4) is 0 Å². The van der Waals surface area contributed by atoms with Gasteiger partial charge in [-0.15, -0.1) is 12.4 Å². The minimum absolute atomic E-state index is 0. The number of rotatable bonds is 6. The van der Waals surface area contributed by atoms with E-state index >= 15 is 0 Å². The second-order valence-corrected chi connectivity index (χ2v) is 9.76. The molecular formula is C28H31ClFN7O2. The van der Waals surface area contributed by atoms with Crippen molar-refractivity contribution in [1.29, 1.82) is 0 Å². The van der Waals surface area contributed by atoms with Crippen LogP contribution in [0.2, 0.25) is 0 Å². The van der Waals surface area contributed by atoms with Crippen LogP contribution >= 0.6 is 12.4 Å². The smallest absolute Gasteiger partial charge is 0.254 e. The van der Waals surface area contributed by atoms with Crippen LogP contribution in [0.1, 0.15) is 15.9 Å². The Morgan fingerprint density at radius 2 is 1.90 bits per heavy atom. The second-order valence-electron chi connectivity index (χ2n) is 9.76. The first-order valence-corrected chi connectivity index (χ1v) is 12.8. The van der Waals surface area contributed by atoms with Crippen molar-refractivity contribution in [2.75, 3.05) is 51.7 Å². The van der Waals surface area contributed by atoms with Crippen LogP contribution in [0.5, 0.6) is 5.75 Å². The van der Waals surface area contributed by atoms with E-state index in [1.165, 1.54) is 13.2 Å². The molecule has 6 rings (SSSR count). The minimum Gasteiger partial charge on any atom is -0.494 e. The Bertz CT molecular complexity index is 1500. The minimum atomic E-state index is -0.435. The van der Waals surface area contributed by atoms with Crippen molar-refractivity contribution in [2.24, 2.45) is 0 Å². The van der Waals surface area contributed by atoms with Crippen molar-refractivity contribution < 1.29 is 13.9 Å². The van der Waals surface area contributed by atoms with Gasteiger partial charge >= 0.3 is 0 Å². The van der Waals surface area contributed by atoms with Crippen molar-refractivity contribution in [3.63, 3.8) is 0 Å². The molecule has 0 spiro atoms. The number of carbonyl (C=O) groups excluding carboxylic acids is 1. The highest BCUT2D eigenvalue weighted by molar-refractivity contribution is 5.96. The van der Waals surface area contributed by atoms with Gasteiger partial charge in [-0.3, -0.25) is 14.1 Å². The number of carbonyl (C=O) groups is 1. The highest BCUT2D eigenvalue weighted by atomic mass is 35.5. The molecule has 1 amide bonds. The van der Waals surface area contributed by atoms with E-state index in [-0.39, 0.29) is 24.1 Å². The van der Waals surface area contributed by atoms with E-state index in [1.807, 2.05) is 34.4 Å². The van der Waals surface area contributed by atoms with E-state index < -0.39 is 5.82 Å². The molecule has 2 fully saturated rings. The number of nitrogens with zero attached hydrogens (tertiary/aromatic N) is 5. The number of amides is 1. The molecule has 2 aliphatic rings. The molecule has 2 aromatic heterocycles. The first-order chi connectivity index (χ1) is 18.5. The number of hydrogen-bond acceptors (Lipinski definition) is 7. The Kier molecular flexibility index (Phi) is 7.69. The average molecular weight is 552 g/mol. The van der Waals surface area contributed by atoms with Crippen LogP contribution in [0.4, 0.5) is 15.9 Å². The summed E-state index contributed by atoms with van der Waals surface area (Å²) in [7, 11) is 1.44. The summed E-state index contributed by atoms with van der Waals surface area (Å²) in [6.07, 6.45) is 5.15. The molecule has 39 heavy (non-hydrogen) atoms. The lowest BCUT2D eigenvalue weighted by atomic mass is 10.1. The summed E-state index contributed by atoms with van der Waals surface area (Å²) in [5, 5.41) is 6.65. The number of aromatic nitrogens is 3. The summed E-state index contributed by atoms with van der Waals surface area (Å²) in [6.45, 7) is 7.38. The third kappa shape index (κ3) is 5.15. The third-order valence-corrected chi connectivity index (χ3v) is 7.47. The van der Waals surface area contributed by atoms with Crippen molar-refractivity contribution in [3.05, 3.63) is 71.9 Å². The number of imidazole rings is 1. The molecule has 0 aliphatic carbocycles. The first kappa shape index (κ1) is 26.9. The fourth-order valence-corrected chi connectivity index (χ4v) is 5.16. The number of hydrogen-bond donors (Lipinski definition) is 2. The fourth-order valence-electron chi connectivity index (χ4n) is 5.16. The van der Waals surface area contributed by atoms with Crippen LogP contribution in [-0.2, 0) is 0 Å². The molecule has 0 unspecified atom stereocenters. The molecule has 0 bridgehead atoms. The van der Waals surface area contributed by atoms with Gasteiger partial charge in [-0.2, -0.15) is 0 Å². The van der Waals surface area contributed by atoms with Crippen LogP contribution in [0.25, 0.3) is 16.9 Å². The monoisotopic (exact) mass is 551 g/mol. The van der Waals surface area contributed by atoms with Gasteiger partial charge < -0.3 is 20.3 Å². The van der Waals surface area contributed by atoms with E-state index in [2.05, 4.69) is 25.5 Å². The molecule has 0 saturated carbocycles. The van der Waals surface area contributed by atoms with Crippen LogP contribution in [-0.4, -0.2) is 82.5 Å². The van der Waals surface area contributed by atoms with E-state index in [4.69, 9.17) is 4.74 Å². The summed E-state index contributed by atoms with van der Waals surface area (Å²) in [5.74, 6) is 0.394. The van der Waals surface area contributed by atoms with Gasteiger partial charge in [-0.25, -0.2) is 14.4 Å². The maximum Gasteiger partial charge on any atom is 0.254 e. The Hall–Kier alpha value is -3.73. The molecule has 2 saturated heterocycles. The summed E-state index contributed by atoms with van der Waals surface area (Å²) in [5.41, 5.74) is 4.44. The zero-order chi connectivity index (χ0) is 26.2. The Balaban J connectivity index is 0.00000308. The van der Waals surface area contributed by atoms with Crippen LogP contribution < -0.4 is 15.4 Å². The number of piperazine rings is 1. The van der Waals surface area contributed by atoms with E-state index in [9.17, 15) is 9.18 Å². The third-order valence-electron chi connectivity index (χ3n) is 7.47. The van der Waals surface area contributed by atoms with Crippen molar-refractivity contribution in [2.45, 2.75) is 13.0 Å². The summed E-state index contributed by atoms with van der Waals surface area (Å²) in [4.78, 5) is 26.7. The number of aryl methyl sites for hydroxylation is 1. The van der Waals surface area contributed by atoms with Gasteiger partial charge in [0.2, 0.25) is 0 Å². The van der Waals surface area contributed by atoms with Crippen molar-refractivity contribution in [3.8, 4) is 17.0 Å². The van der Waals surface area contributed by atoms with Gasteiger partial charge in [-0.05, 0) is 48.9 Å². The topological polar surface area (TPSA) is 87.0 Å². The quantitative estimate of drug-likeness (QED) is 0.377. The fraction of sp³-hybridized carbons (Fsp3) is 0.321. The molecule has 0 radical (unpaired) electrons. The molecule has 4 aromatic rings. The van der Waals surface area contributed by atoms with Gasteiger partial charge in [0, 0.05) is 74.5 Å². The van der Waals surface area contributed by atoms with E-state index in [0.29, 0.717) is 28.6 Å². The molecule has 2 aliphatic heterocycles. The van der Waals surface area contributed by atoms with Crippen LogP contribution in [0.15, 0.2) is 55.0 Å². The number of halogens is 2. The number of methoxy groups -OCH3 is 1. The predicted molar refractivity (Wildman–Crippen MR) is 151 cm³/mol. The maximum atomic E-state index is 14.3. The molecule has 2 N–H and O–H groups in total. The highest BCUT2D eigenvalue weighted by Crippen LogP contribution is 2.29. The lowest BCUT2D eigenvalue weighted by Gasteiger charge is -2.43.